The van der Waals surface area contributed by atoms with Gasteiger partial charge in [0.15, 0.2) is 0 Å². The van der Waals surface area contributed by atoms with Crippen molar-refractivity contribution in [1.29, 1.82) is 0 Å². The molecule has 0 spiro atoms. The van der Waals surface area contributed by atoms with Crippen molar-refractivity contribution in [2.75, 3.05) is 6.54 Å². The van der Waals surface area contributed by atoms with Crippen LogP contribution in [0.2, 0.25) is 0 Å². The Kier molecular flexibility index (Phi) is 3.25. The van der Waals surface area contributed by atoms with Crippen LogP contribution in [-0.4, -0.2) is 18.5 Å². The Balaban J connectivity index is 1.78. The molecule has 3 atom stereocenters. The van der Waals surface area contributed by atoms with Gasteiger partial charge in [-0.2, -0.15) is 0 Å². The molecule has 0 aliphatic heterocycles. The van der Waals surface area contributed by atoms with E-state index in [0.717, 1.165) is 6.42 Å². The number of nitrogens with one attached hydrogen (secondary N) is 1. The first-order valence-corrected chi connectivity index (χ1v) is 5.76. The summed E-state index contributed by atoms with van der Waals surface area (Å²) in [6.07, 6.45) is 1.16. The van der Waals surface area contributed by atoms with Crippen molar-refractivity contribution in [1.82, 2.24) is 5.32 Å². The molecule has 0 aromatic heterocycles. The van der Waals surface area contributed by atoms with E-state index in [4.69, 9.17) is 5.73 Å². The van der Waals surface area contributed by atoms with Gasteiger partial charge in [-0.05, 0) is 12.0 Å². The second-order valence-electron chi connectivity index (χ2n) is 4.57. The first-order chi connectivity index (χ1) is 7.68. The second-order valence-corrected chi connectivity index (χ2v) is 4.57. The Morgan fingerprint density at radius 1 is 1.50 bits per heavy atom. The number of amides is 1. The normalized spacial score (nSPS) is 25.1. The minimum absolute atomic E-state index is 0.0861. The lowest BCUT2D eigenvalue weighted by Crippen LogP contribution is -2.32. The van der Waals surface area contributed by atoms with E-state index in [1.807, 2.05) is 13.0 Å². The number of carbonyl (C=O) groups excluding carboxylic acids is 1. The molecular formula is C13H18N2O. The topological polar surface area (TPSA) is 55.1 Å². The summed E-state index contributed by atoms with van der Waals surface area (Å²) < 4.78 is 0. The van der Waals surface area contributed by atoms with Gasteiger partial charge in [-0.15, -0.1) is 0 Å². The quantitative estimate of drug-likeness (QED) is 0.781. The molecule has 16 heavy (non-hydrogen) atoms. The number of nitrogens with two attached hydrogens (primary N) is 1. The average molecular weight is 218 g/mol. The van der Waals surface area contributed by atoms with Gasteiger partial charge in [0.1, 0.15) is 0 Å². The number of carbonyl (C=O) groups is 1. The molecule has 1 aromatic carbocycles. The summed E-state index contributed by atoms with van der Waals surface area (Å²) in [4.78, 5) is 10.9. The van der Waals surface area contributed by atoms with Gasteiger partial charge in [-0.3, -0.25) is 4.79 Å². The van der Waals surface area contributed by atoms with E-state index in [1.54, 1.807) is 0 Å². The number of primary amides is 1. The molecule has 1 aromatic rings. The molecule has 0 heterocycles. The van der Waals surface area contributed by atoms with Crippen LogP contribution < -0.4 is 11.1 Å². The maximum Gasteiger partial charge on any atom is 0.221 e. The van der Waals surface area contributed by atoms with Gasteiger partial charge < -0.3 is 11.1 Å². The fourth-order valence-corrected chi connectivity index (χ4v) is 1.92. The maximum atomic E-state index is 10.9. The smallest absolute Gasteiger partial charge is 0.221 e. The minimum Gasteiger partial charge on any atom is -0.369 e. The number of hydrogen-bond donors (Lipinski definition) is 2. The standard InChI is InChI=1S/C13H18N2O/c1-9(13(14)16)8-15-12-7-11(12)10-5-3-2-4-6-10/h2-6,9,11-12,15H,7-8H2,1H3,(H2,14,16). The Morgan fingerprint density at radius 2 is 2.19 bits per heavy atom. The molecule has 1 saturated carbocycles. The van der Waals surface area contributed by atoms with Crippen LogP contribution in [-0.2, 0) is 4.79 Å². The van der Waals surface area contributed by atoms with Crippen LogP contribution in [0.4, 0.5) is 0 Å². The van der Waals surface area contributed by atoms with Crippen molar-refractivity contribution in [2.45, 2.75) is 25.3 Å². The zero-order valence-corrected chi connectivity index (χ0v) is 9.52. The summed E-state index contributed by atoms with van der Waals surface area (Å²) in [6.45, 7) is 2.54. The Bertz CT molecular complexity index is 363. The van der Waals surface area contributed by atoms with Crippen LogP contribution in [0.5, 0.6) is 0 Å². The maximum absolute atomic E-state index is 10.9. The zero-order chi connectivity index (χ0) is 11.5. The molecule has 0 saturated heterocycles. The van der Waals surface area contributed by atoms with Gasteiger partial charge in [0.05, 0.1) is 0 Å². The molecular weight excluding hydrogens is 200 g/mol. The molecule has 0 radical (unpaired) electrons. The Morgan fingerprint density at radius 3 is 2.81 bits per heavy atom. The highest BCUT2D eigenvalue weighted by molar-refractivity contribution is 5.76. The van der Waals surface area contributed by atoms with E-state index >= 15 is 0 Å². The van der Waals surface area contributed by atoms with Crippen molar-refractivity contribution >= 4 is 5.91 Å². The third kappa shape index (κ3) is 2.61. The monoisotopic (exact) mass is 218 g/mol. The summed E-state index contributed by atoms with van der Waals surface area (Å²) in [5.74, 6) is 0.294. The predicted molar refractivity (Wildman–Crippen MR) is 63.9 cm³/mol. The van der Waals surface area contributed by atoms with E-state index in [9.17, 15) is 4.79 Å². The van der Waals surface area contributed by atoms with Crippen molar-refractivity contribution in [2.24, 2.45) is 11.7 Å². The molecule has 3 unspecified atom stereocenters. The molecule has 1 aliphatic rings. The molecule has 3 nitrogen and oxygen atoms in total. The van der Waals surface area contributed by atoms with Gasteiger partial charge in [0, 0.05) is 24.4 Å². The second kappa shape index (κ2) is 4.66. The minimum atomic E-state index is -0.232. The SMILES string of the molecule is CC(CNC1CC1c1ccccc1)C(N)=O. The Hall–Kier alpha value is -1.35. The first-order valence-electron chi connectivity index (χ1n) is 5.76. The average Bonchev–Trinajstić information content (AvgIpc) is 3.06. The summed E-state index contributed by atoms with van der Waals surface area (Å²) in [5.41, 5.74) is 6.59. The third-order valence-corrected chi connectivity index (χ3v) is 3.19. The highest BCUT2D eigenvalue weighted by Gasteiger charge is 2.37. The van der Waals surface area contributed by atoms with Crippen molar-refractivity contribution in [3.63, 3.8) is 0 Å². The van der Waals surface area contributed by atoms with Crippen LogP contribution in [0.15, 0.2) is 30.3 Å². The van der Waals surface area contributed by atoms with Crippen molar-refractivity contribution < 1.29 is 4.79 Å². The molecule has 1 amide bonds. The van der Waals surface area contributed by atoms with Gasteiger partial charge in [-0.1, -0.05) is 37.3 Å². The van der Waals surface area contributed by atoms with E-state index in [1.165, 1.54) is 5.56 Å². The van der Waals surface area contributed by atoms with Crippen LogP contribution in [0.1, 0.15) is 24.8 Å². The molecule has 3 heteroatoms. The molecule has 2 rings (SSSR count). The van der Waals surface area contributed by atoms with E-state index in [0.29, 0.717) is 18.5 Å². The van der Waals surface area contributed by atoms with Crippen LogP contribution >= 0.6 is 0 Å². The lowest BCUT2D eigenvalue weighted by Gasteiger charge is -2.08. The zero-order valence-electron chi connectivity index (χ0n) is 9.52. The van der Waals surface area contributed by atoms with Gasteiger partial charge in [-0.25, -0.2) is 0 Å². The predicted octanol–water partition coefficient (Wildman–Crippen LogP) is 1.25. The summed E-state index contributed by atoms with van der Waals surface area (Å²) >= 11 is 0. The van der Waals surface area contributed by atoms with Gasteiger partial charge >= 0.3 is 0 Å². The molecule has 1 fully saturated rings. The largest absolute Gasteiger partial charge is 0.369 e. The molecule has 3 N–H and O–H groups in total. The summed E-state index contributed by atoms with van der Waals surface area (Å²) in [6, 6.07) is 11.0. The van der Waals surface area contributed by atoms with Crippen molar-refractivity contribution in [3.05, 3.63) is 35.9 Å². The van der Waals surface area contributed by atoms with Gasteiger partial charge in [0.2, 0.25) is 5.91 Å². The molecule has 86 valence electrons. The Labute approximate surface area is 96.0 Å². The van der Waals surface area contributed by atoms with Crippen LogP contribution in [0.25, 0.3) is 0 Å². The number of hydrogen-bond acceptors (Lipinski definition) is 2. The third-order valence-electron chi connectivity index (χ3n) is 3.19. The van der Waals surface area contributed by atoms with Gasteiger partial charge in [0.25, 0.3) is 0 Å². The first kappa shape index (κ1) is 11.1. The summed E-state index contributed by atoms with van der Waals surface area (Å²) in [5, 5.41) is 3.39. The molecule has 0 bridgehead atoms. The van der Waals surface area contributed by atoms with E-state index in [-0.39, 0.29) is 11.8 Å². The van der Waals surface area contributed by atoms with Crippen molar-refractivity contribution in [3.8, 4) is 0 Å². The lowest BCUT2D eigenvalue weighted by molar-refractivity contribution is -0.121. The number of benzene rings is 1. The number of rotatable bonds is 5. The fourth-order valence-electron chi connectivity index (χ4n) is 1.92. The van der Waals surface area contributed by atoms with Crippen LogP contribution in [0.3, 0.4) is 0 Å². The fraction of sp³-hybridized carbons (Fsp3) is 0.462. The highest BCUT2D eigenvalue weighted by atomic mass is 16.1. The van der Waals surface area contributed by atoms with E-state index < -0.39 is 0 Å². The molecule has 1 aliphatic carbocycles. The lowest BCUT2D eigenvalue weighted by atomic mass is 10.1. The van der Waals surface area contributed by atoms with Crippen LogP contribution in [0, 0.1) is 5.92 Å². The highest BCUT2D eigenvalue weighted by Crippen LogP contribution is 2.40. The van der Waals surface area contributed by atoms with E-state index in [2.05, 4.69) is 29.6 Å². The summed E-state index contributed by atoms with van der Waals surface area (Å²) in [7, 11) is 0.